The summed E-state index contributed by atoms with van der Waals surface area (Å²) in [4.78, 5) is 28.5. The summed E-state index contributed by atoms with van der Waals surface area (Å²) in [6.07, 6.45) is 2.93. The molecule has 30 heavy (non-hydrogen) atoms. The Balaban J connectivity index is 1.51. The van der Waals surface area contributed by atoms with Crippen molar-refractivity contribution in [3.8, 4) is 0 Å². The fourth-order valence-corrected chi connectivity index (χ4v) is 5.48. The SMILES string of the molecule is CN1C(=O)CN(C(=O)Cc2ccc(S(=O)(=O)N3CCCCC3)cc2)c2ccccc21. The second kappa shape index (κ2) is 8.20. The molecule has 2 heterocycles. The molecule has 0 unspecified atom stereocenters. The van der Waals surface area contributed by atoms with E-state index < -0.39 is 10.0 Å². The average molecular weight is 428 g/mol. The van der Waals surface area contributed by atoms with E-state index in [0.29, 0.717) is 30.0 Å². The minimum atomic E-state index is -3.49. The zero-order chi connectivity index (χ0) is 21.3. The third kappa shape index (κ3) is 3.85. The van der Waals surface area contributed by atoms with Gasteiger partial charge in [0.25, 0.3) is 0 Å². The number of benzene rings is 2. The van der Waals surface area contributed by atoms with E-state index in [0.717, 1.165) is 19.3 Å². The van der Waals surface area contributed by atoms with E-state index in [4.69, 9.17) is 0 Å². The first-order valence-electron chi connectivity index (χ1n) is 10.1. The van der Waals surface area contributed by atoms with E-state index in [1.807, 2.05) is 24.3 Å². The highest BCUT2D eigenvalue weighted by Gasteiger charge is 2.30. The van der Waals surface area contributed by atoms with Crippen LogP contribution >= 0.6 is 0 Å². The standard InChI is InChI=1S/C22H25N3O4S/c1-23-19-7-3-4-8-20(19)25(16-22(23)27)21(26)15-17-9-11-18(12-10-17)30(28,29)24-13-5-2-6-14-24/h3-4,7-12H,2,5-6,13-16H2,1H3. The van der Waals surface area contributed by atoms with Crippen molar-refractivity contribution in [1.29, 1.82) is 0 Å². The molecule has 158 valence electrons. The molecular weight excluding hydrogens is 402 g/mol. The molecule has 2 aromatic carbocycles. The van der Waals surface area contributed by atoms with Crippen LogP contribution in [0.15, 0.2) is 53.4 Å². The Bertz CT molecular complexity index is 1060. The summed E-state index contributed by atoms with van der Waals surface area (Å²) in [5.74, 6) is -0.347. The lowest BCUT2D eigenvalue weighted by atomic mass is 10.1. The summed E-state index contributed by atoms with van der Waals surface area (Å²) in [6.45, 7) is 1.10. The van der Waals surface area contributed by atoms with Crippen molar-refractivity contribution in [3.63, 3.8) is 0 Å². The van der Waals surface area contributed by atoms with Crippen molar-refractivity contribution in [2.24, 2.45) is 0 Å². The number of para-hydroxylation sites is 2. The molecule has 2 aromatic rings. The molecule has 0 N–H and O–H groups in total. The van der Waals surface area contributed by atoms with Gasteiger partial charge in [-0.1, -0.05) is 30.7 Å². The topological polar surface area (TPSA) is 78.0 Å². The van der Waals surface area contributed by atoms with Crippen LogP contribution in [-0.2, 0) is 26.0 Å². The molecule has 0 aromatic heterocycles. The van der Waals surface area contributed by atoms with Crippen molar-refractivity contribution in [2.75, 3.05) is 36.5 Å². The Hall–Kier alpha value is -2.71. The average Bonchev–Trinajstić information content (AvgIpc) is 2.77. The maximum absolute atomic E-state index is 12.9. The number of hydrogen-bond acceptors (Lipinski definition) is 4. The molecule has 0 spiro atoms. The maximum Gasteiger partial charge on any atom is 0.246 e. The fourth-order valence-electron chi connectivity index (χ4n) is 3.96. The van der Waals surface area contributed by atoms with Crippen LogP contribution in [0.5, 0.6) is 0 Å². The molecule has 0 bridgehead atoms. The quantitative estimate of drug-likeness (QED) is 0.751. The van der Waals surface area contributed by atoms with E-state index in [1.165, 1.54) is 9.21 Å². The van der Waals surface area contributed by atoms with Gasteiger partial charge in [0.15, 0.2) is 0 Å². The highest BCUT2D eigenvalue weighted by Crippen LogP contribution is 2.32. The molecule has 2 amide bonds. The third-order valence-electron chi connectivity index (χ3n) is 5.73. The van der Waals surface area contributed by atoms with E-state index >= 15 is 0 Å². The Morgan fingerprint density at radius 1 is 0.933 bits per heavy atom. The monoisotopic (exact) mass is 427 g/mol. The van der Waals surface area contributed by atoms with Gasteiger partial charge < -0.3 is 9.80 Å². The first kappa shape index (κ1) is 20.6. The molecule has 0 atom stereocenters. The highest BCUT2D eigenvalue weighted by atomic mass is 32.2. The number of carbonyl (C=O) groups excluding carboxylic acids is 2. The van der Waals surface area contributed by atoms with Crippen molar-refractivity contribution in [2.45, 2.75) is 30.6 Å². The molecule has 8 heteroatoms. The first-order chi connectivity index (χ1) is 14.4. The summed E-state index contributed by atoms with van der Waals surface area (Å²) in [5, 5.41) is 0. The number of rotatable bonds is 4. The van der Waals surface area contributed by atoms with E-state index in [-0.39, 0.29) is 29.7 Å². The third-order valence-corrected chi connectivity index (χ3v) is 7.65. The van der Waals surface area contributed by atoms with Gasteiger partial charge in [-0.05, 0) is 42.7 Å². The number of likely N-dealkylation sites (N-methyl/N-ethyl adjacent to an activating group) is 1. The zero-order valence-electron chi connectivity index (χ0n) is 17.0. The predicted molar refractivity (Wildman–Crippen MR) is 115 cm³/mol. The number of anilines is 2. The van der Waals surface area contributed by atoms with Gasteiger partial charge in [-0.3, -0.25) is 9.59 Å². The lowest BCUT2D eigenvalue weighted by Crippen LogP contribution is -2.47. The smallest absolute Gasteiger partial charge is 0.246 e. The Morgan fingerprint density at radius 3 is 2.23 bits per heavy atom. The van der Waals surface area contributed by atoms with Crippen molar-refractivity contribution in [1.82, 2.24) is 4.31 Å². The maximum atomic E-state index is 12.9. The van der Waals surface area contributed by atoms with Crippen LogP contribution in [-0.4, -0.2) is 51.2 Å². The number of nitrogens with zero attached hydrogens (tertiary/aromatic N) is 3. The second-order valence-corrected chi connectivity index (χ2v) is 9.64. The van der Waals surface area contributed by atoms with Gasteiger partial charge in [0.2, 0.25) is 21.8 Å². The molecule has 0 radical (unpaired) electrons. The normalized spacial score (nSPS) is 17.7. The van der Waals surface area contributed by atoms with E-state index in [2.05, 4.69) is 0 Å². The molecule has 4 rings (SSSR count). The molecule has 2 aliphatic rings. The van der Waals surface area contributed by atoms with Crippen molar-refractivity contribution >= 4 is 33.2 Å². The number of sulfonamides is 1. The predicted octanol–water partition coefficient (Wildman–Crippen LogP) is 2.41. The van der Waals surface area contributed by atoms with Gasteiger partial charge >= 0.3 is 0 Å². The number of carbonyl (C=O) groups is 2. The molecule has 0 saturated carbocycles. The van der Waals surface area contributed by atoms with Gasteiger partial charge in [0.05, 0.1) is 22.7 Å². The van der Waals surface area contributed by atoms with Crippen LogP contribution in [0.3, 0.4) is 0 Å². The summed E-state index contributed by atoms with van der Waals surface area (Å²) >= 11 is 0. The summed E-state index contributed by atoms with van der Waals surface area (Å²) < 4.78 is 27.1. The number of amides is 2. The van der Waals surface area contributed by atoms with Crippen molar-refractivity contribution < 1.29 is 18.0 Å². The van der Waals surface area contributed by atoms with Crippen LogP contribution in [0.2, 0.25) is 0 Å². The van der Waals surface area contributed by atoms with Crippen LogP contribution in [0.4, 0.5) is 11.4 Å². The van der Waals surface area contributed by atoms with E-state index in [9.17, 15) is 18.0 Å². The zero-order valence-corrected chi connectivity index (χ0v) is 17.8. The van der Waals surface area contributed by atoms with E-state index in [1.54, 1.807) is 36.2 Å². The van der Waals surface area contributed by atoms with Gasteiger partial charge in [-0.2, -0.15) is 4.31 Å². The molecule has 1 fully saturated rings. The van der Waals surface area contributed by atoms with Gasteiger partial charge in [-0.25, -0.2) is 8.42 Å². The van der Waals surface area contributed by atoms with Gasteiger partial charge in [0, 0.05) is 20.1 Å². The van der Waals surface area contributed by atoms with Crippen molar-refractivity contribution in [3.05, 3.63) is 54.1 Å². The number of piperidine rings is 1. The minimum Gasteiger partial charge on any atom is -0.312 e. The number of hydrogen-bond donors (Lipinski definition) is 0. The first-order valence-corrected chi connectivity index (χ1v) is 11.6. The summed E-state index contributed by atoms with van der Waals surface area (Å²) in [5.41, 5.74) is 2.11. The Labute approximate surface area is 176 Å². The Morgan fingerprint density at radius 2 is 1.57 bits per heavy atom. The van der Waals surface area contributed by atoms with Crippen LogP contribution < -0.4 is 9.80 Å². The van der Waals surface area contributed by atoms with Crippen LogP contribution in [0.1, 0.15) is 24.8 Å². The second-order valence-electron chi connectivity index (χ2n) is 7.71. The Kier molecular flexibility index (Phi) is 5.62. The lowest BCUT2D eigenvalue weighted by molar-refractivity contribution is -0.122. The largest absolute Gasteiger partial charge is 0.312 e. The summed E-state index contributed by atoms with van der Waals surface area (Å²) in [7, 11) is -1.79. The molecule has 0 aliphatic carbocycles. The molecule has 2 aliphatic heterocycles. The number of fused-ring (bicyclic) bond motifs is 1. The van der Waals surface area contributed by atoms with Crippen LogP contribution in [0.25, 0.3) is 0 Å². The summed E-state index contributed by atoms with van der Waals surface area (Å²) in [6, 6.07) is 13.8. The minimum absolute atomic E-state index is 0.00618. The van der Waals surface area contributed by atoms with Crippen LogP contribution in [0, 0.1) is 0 Å². The van der Waals surface area contributed by atoms with Gasteiger partial charge in [0.1, 0.15) is 6.54 Å². The van der Waals surface area contributed by atoms with Gasteiger partial charge in [-0.15, -0.1) is 0 Å². The fraction of sp³-hybridized carbons (Fsp3) is 0.364. The molecule has 7 nitrogen and oxygen atoms in total. The lowest BCUT2D eigenvalue weighted by Gasteiger charge is -2.34. The highest BCUT2D eigenvalue weighted by molar-refractivity contribution is 7.89. The molecular formula is C22H25N3O4S. The molecule has 1 saturated heterocycles.